The molecule has 1 amide bonds. The van der Waals surface area contributed by atoms with Crippen LogP contribution in [0.4, 0.5) is 19.6 Å². The highest BCUT2D eigenvalue weighted by Gasteiger charge is 2.15. The Morgan fingerprint density at radius 1 is 1.27 bits per heavy atom. The van der Waals surface area contributed by atoms with Crippen LogP contribution in [-0.4, -0.2) is 28.7 Å². The van der Waals surface area contributed by atoms with Gasteiger partial charge in [-0.2, -0.15) is 0 Å². The van der Waals surface area contributed by atoms with E-state index < -0.39 is 16.6 Å². The third kappa shape index (κ3) is 5.30. The van der Waals surface area contributed by atoms with E-state index in [1.165, 1.54) is 37.1 Å². The summed E-state index contributed by atoms with van der Waals surface area (Å²) in [6, 6.07) is 8.10. The number of benzene rings is 2. The van der Waals surface area contributed by atoms with Gasteiger partial charge in [-0.3, -0.25) is 14.9 Å². The Labute approximate surface area is 178 Å². The number of thiazole rings is 1. The van der Waals surface area contributed by atoms with E-state index in [4.69, 9.17) is 4.74 Å². The first-order chi connectivity index (χ1) is 14.4. The minimum atomic E-state index is -0.971. The summed E-state index contributed by atoms with van der Waals surface area (Å²) >= 11 is 2.45. The van der Waals surface area contributed by atoms with Gasteiger partial charge in [0.25, 0.3) is 0 Å². The topological polar surface area (TPSA) is 94.4 Å². The molecule has 1 N–H and O–H groups in total. The fourth-order valence-electron chi connectivity index (χ4n) is 2.50. The van der Waals surface area contributed by atoms with Gasteiger partial charge in [-0.15, -0.1) is 23.1 Å². The highest BCUT2D eigenvalue weighted by atomic mass is 32.2. The van der Waals surface area contributed by atoms with E-state index in [0.717, 1.165) is 23.5 Å². The third-order valence-electron chi connectivity index (χ3n) is 3.91. The molecule has 0 saturated carbocycles. The number of nitrogens with zero attached hydrogens (tertiary/aromatic N) is 2. The van der Waals surface area contributed by atoms with Crippen LogP contribution in [-0.2, 0) is 10.5 Å². The number of nitro benzene ring substituents is 1. The third-order valence-corrected chi connectivity index (χ3v) is 5.67. The van der Waals surface area contributed by atoms with Gasteiger partial charge >= 0.3 is 5.69 Å². The van der Waals surface area contributed by atoms with Gasteiger partial charge in [0.15, 0.2) is 22.5 Å². The molecule has 3 aromatic rings. The van der Waals surface area contributed by atoms with E-state index >= 15 is 0 Å². The minimum Gasteiger partial charge on any atom is -0.490 e. The number of aromatic nitrogens is 1. The van der Waals surface area contributed by atoms with Crippen LogP contribution in [0.5, 0.6) is 5.75 Å². The molecule has 0 aliphatic heterocycles. The van der Waals surface area contributed by atoms with Crippen LogP contribution in [0.1, 0.15) is 5.56 Å². The van der Waals surface area contributed by atoms with Crippen LogP contribution in [0.25, 0.3) is 11.3 Å². The van der Waals surface area contributed by atoms with Crippen molar-refractivity contribution in [3.05, 3.63) is 69.1 Å². The molecule has 1 aromatic heterocycles. The molecule has 30 heavy (non-hydrogen) atoms. The van der Waals surface area contributed by atoms with Crippen molar-refractivity contribution in [3.8, 4) is 17.0 Å². The maximum Gasteiger partial charge on any atom is 0.311 e. The molecule has 3 rings (SSSR count). The molecule has 1 heterocycles. The van der Waals surface area contributed by atoms with E-state index in [0.29, 0.717) is 27.7 Å². The van der Waals surface area contributed by atoms with Crippen molar-refractivity contribution < 1.29 is 23.2 Å². The predicted octanol–water partition coefficient (Wildman–Crippen LogP) is 4.88. The van der Waals surface area contributed by atoms with Gasteiger partial charge in [0.05, 0.1) is 23.5 Å². The second kappa shape index (κ2) is 9.63. The molecule has 0 saturated heterocycles. The monoisotopic (exact) mass is 451 g/mol. The molecule has 0 aliphatic carbocycles. The molecular weight excluding hydrogens is 436 g/mol. The molecular formula is C19H15F2N3O4S2. The van der Waals surface area contributed by atoms with E-state index in [1.807, 2.05) is 0 Å². The Morgan fingerprint density at radius 2 is 2.07 bits per heavy atom. The minimum absolute atomic E-state index is 0.111. The number of hydrogen-bond acceptors (Lipinski definition) is 7. The van der Waals surface area contributed by atoms with Crippen LogP contribution in [0, 0.1) is 21.7 Å². The number of nitrogens with one attached hydrogen (secondary N) is 1. The van der Waals surface area contributed by atoms with Crippen molar-refractivity contribution in [2.45, 2.75) is 5.75 Å². The zero-order valence-electron chi connectivity index (χ0n) is 15.6. The fraction of sp³-hybridized carbons (Fsp3) is 0.158. The average molecular weight is 451 g/mol. The number of halogens is 2. The van der Waals surface area contributed by atoms with Gasteiger partial charge in [-0.25, -0.2) is 13.8 Å². The van der Waals surface area contributed by atoms with Gasteiger partial charge in [-0.05, 0) is 29.8 Å². The van der Waals surface area contributed by atoms with E-state index in [2.05, 4.69) is 10.3 Å². The summed E-state index contributed by atoms with van der Waals surface area (Å²) in [6.45, 7) is 0. The van der Waals surface area contributed by atoms with Crippen LogP contribution in [0.2, 0.25) is 0 Å². The van der Waals surface area contributed by atoms with E-state index in [-0.39, 0.29) is 23.1 Å². The van der Waals surface area contributed by atoms with Crippen LogP contribution >= 0.6 is 23.1 Å². The quantitative estimate of drug-likeness (QED) is 0.388. The van der Waals surface area contributed by atoms with E-state index in [9.17, 15) is 23.7 Å². The Balaban J connectivity index is 1.54. The number of ether oxygens (including phenoxy) is 1. The number of rotatable bonds is 8. The number of anilines is 1. The Bertz CT molecular complexity index is 1090. The number of thioether (sulfide) groups is 1. The summed E-state index contributed by atoms with van der Waals surface area (Å²) < 4.78 is 31.4. The average Bonchev–Trinajstić information content (AvgIpc) is 3.18. The molecule has 0 spiro atoms. The number of hydrogen-bond donors (Lipinski definition) is 1. The van der Waals surface area contributed by atoms with Gasteiger partial charge in [0.1, 0.15) is 0 Å². The lowest BCUT2D eigenvalue weighted by Gasteiger charge is -2.05. The molecule has 11 heteroatoms. The first-order valence-corrected chi connectivity index (χ1v) is 10.5. The lowest BCUT2D eigenvalue weighted by Crippen LogP contribution is -2.14. The Hall–Kier alpha value is -3.05. The Kier molecular flexibility index (Phi) is 6.95. The van der Waals surface area contributed by atoms with Gasteiger partial charge in [0, 0.05) is 22.8 Å². The fourth-order valence-corrected chi connectivity index (χ4v) is 4.01. The first kappa shape index (κ1) is 21.7. The van der Waals surface area contributed by atoms with Crippen LogP contribution in [0.3, 0.4) is 0 Å². The standard InChI is InChI=1S/C19H15F2N3O4S2/c1-28-17-5-2-11(6-16(17)24(26)27)8-29-10-18(25)23-19-22-15(9-30-19)12-3-4-13(20)14(21)7-12/h2-7,9H,8,10H2,1H3,(H,22,23,25). The highest BCUT2D eigenvalue weighted by molar-refractivity contribution is 7.99. The van der Waals surface area contributed by atoms with E-state index in [1.54, 1.807) is 11.4 Å². The lowest BCUT2D eigenvalue weighted by atomic mass is 10.2. The van der Waals surface area contributed by atoms with Crippen LogP contribution < -0.4 is 10.1 Å². The lowest BCUT2D eigenvalue weighted by molar-refractivity contribution is -0.385. The summed E-state index contributed by atoms with van der Waals surface area (Å²) in [4.78, 5) is 26.9. The zero-order chi connectivity index (χ0) is 21.7. The van der Waals surface area contributed by atoms with Gasteiger partial charge in [0.2, 0.25) is 5.91 Å². The highest BCUT2D eigenvalue weighted by Crippen LogP contribution is 2.29. The van der Waals surface area contributed by atoms with Crippen molar-refractivity contribution >= 4 is 39.8 Å². The van der Waals surface area contributed by atoms with Crippen molar-refractivity contribution in [1.29, 1.82) is 0 Å². The molecule has 0 fully saturated rings. The van der Waals surface area contributed by atoms with Crippen molar-refractivity contribution in [1.82, 2.24) is 4.98 Å². The number of methoxy groups -OCH3 is 1. The van der Waals surface area contributed by atoms with Crippen molar-refractivity contribution in [3.63, 3.8) is 0 Å². The number of carbonyl (C=O) groups is 1. The summed E-state index contributed by atoms with van der Waals surface area (Å²) in [6.07, 6.45) is 0. The maximum atomic E-state index is 13.4. The van der Waals surface area contributed by atoms with Crippen LogP contribution in [0.15, 0.2) is 41.8 Å². The zero-order valence-corrected chi connectivity index (χ0v) is 17.2. The SMILES string of the molecule is COc1ccc(CSCC(=O)Nc2nc(-c3ccc(F)c(F)c3)cs2)cc1[N+](=O)[O-]. The van der Waals surface area contributed by atoms with Gasteiger partial charge in [-0.1, -0.05) is 6.07 Å². The second-order valence-electron chi connectivity index (χ2n) is 5.97. The molecule has 0 unspecified atom stereocenters. The summed E-state index contributed by atoms with van der Waals surface area (Å²) in [5, 5.41) is 15.7. The summed E-state index contributed by atoms with van der Waals surface area (Å²) in [5.41, 5.74) is 1.39. The number of nitro groups is 1. The summed E-state index contributed by atoms with van der Waals surface area (Å²) in [5.74, 6) is -1.53. The number of amides is 1. The molecule has 2 aromatic carbocycles. The maximum absolute atomic E-state index is 13.4. The normalized spacial score (nSPS) is 10.6. The van der Waals surface area contributed by atoms with Gasteiger partial charge < -0.3 is 10.1 Å². The predicted molar refractivity (Wildman–Crippen MR) is 112 cm³/mol. The summed E-state index contributed by atoms with van der Waals surface area (Å²) in [7, 11) is 1.36. The molecule has 156 valence electrons. The first-order valence-electron chi connectivity index (χ1n) is 8.47. The molecule has 0 bridgehead atoms. The Morgan fingerprint density at radius 3 is 2.77 bits per heavy atom. The van der Waals surface area contributed by atoms with Crippen molar-refractivity contribution in [2.24, 2.45) is 0 Å². The molecule has 7 nitrogen and oxygen atoms in total. The number of carbonyl (C=O) groups excluding carboxylic acids is 1. The molecule has 0 aliphatic rings. The van der Waals surface area contributed by atoms with Crippen molar-refractivity contribution in [2.75, 3.05) is 18.2 Å². The molecule has 0 radical (unpaired) electrons. The largest absolute Gasteiger partial charge is 0.490 e. The smallest absolute Gasteiger partial charge is 0.311 e. The second-order valence-corrected chi connectivity index (χ2v) is 7.81. The molecule has 0 atom stereocenters.